The van der Waals surface area contributed by atoms with Crippen molar-refractivity contribution >= 4 is 0 Å². The van der Waals surface area contributed by atoms with Crippen LogP contribution in [0.4, 0.5) is 0 Å². The molecule has 4 rings (SSSR count). The van der Waals surface area contributed by atoms with Gasteiger partial charge >= 0.3 is 0 Å². The highest BCUT2D eigenvalue weighted by Crippen LogP contribution is 2.51. The predicted molar refractivity (Wildman–Crippen MR) is 77.8 cm³/mol. The summed E-state index contributed by atoms with van der Waals surface area (Å²) in [4.78, 5) is 0. The molecule has 3 saturated heterocycles. The first-order valence-corrected chi connectivity index (χ1v) is 7.79. The van der Waals surface area contributed by atoms with Gasteiger partial charge in [-0.05, 0) is 5.56 Å². The van der Waals surface area contributed by atoms with Gasteiger partial charge in [-0.2, -0.15) is 0 Å². The second-order valence-electron chi connectivity index (χ2n) is 7.13. The molecule has 0 saturated carbocycles. The van der Waals surface area contributed by atoms with Crippen molar-refractivity contribution in [3.05, 3.63) is 35.9 Å². The Bertz CT molecular complexity index is 540. The molecule has 3 aliphatic rings. The molecule has 0 N–H and O–H groups in total. The summed E-state index contributed by atoms with van der Waals surface area (Å²) in [5.74, 6) is -1.03. The lowest BCUT2D eigenvalue weighted by Gasteiger charge is -2.46. The molecule has 120 valence electrons. The molecule has 3 fully saturated rings. The minimum absolute atomic E-state index is 0.166. The molecule has 1 unspecified atom stereocenters. The van der Waals surface area contributed by atoms with Crippen molar-refractivity contribution in [2.75, 3.05) is 6.61 Å². The average molecular weight is 306 g/mol. The van der Waals surface area contributed by atoms with Crippen molar-refractivity contribution in [3.63, 3.8) is 0 Å². The van der Waals surface area contributed by atoms with Gasteiger partial charge in [0.2, 0.25) is 0 Å². The van der Waals surface area contributed by atoms with Crippen LogP contribution in [0.1, 0.15) is 26.3 Å². The van der Waals surface area contributed by atoms with E-state index in [-0.39, 0.29) is 23.7 Å². The Morgan fingerprint density at radius 3 is 2.64 bits per heavy atom. The second-order valence-corrected chi connectivity index (χ2v) is 7.13. The van der Waals surface area contributed by atoms with Gasteiger partial charge in [0.05, 0.1) is 13.2 Å². The van der Waals surface area contributed by atoms with E-state index < -0.39 is 12.3 Å². The number of hydrogen-bond donors (Lipinski definition) is 0. The van der Waals surface area contributed by atoms with Gasteiger partial charge in [0.15, 0.2) is 6.29 Å². The van der Waals surface area contributed by atoms with Crippen LogP contribution >= 0.6 is 0 Å². The Kier molecular flexibility index (Phi) is 3.33. The molecule has 0 aliphatic carbocycles. The summed E-state index contributed by atoms with van der Waals surface area (Å²) in [5.41, 5.74) is 0.835. The molecule has 5 atom stereocenters. The van der Waals surface area contributed by atoms with E-state index >= 15 is 0 Å². The van der Waals surface area contributed by atoms with Crippen molar-refractivity contribution in [3.8, 4) is 0 Å². The van der Waals surface area contributed by atoms with E-state index in [2.05, 4.69) is 0 Å². The van der Waals surface area contributed by atoms with E-state index in [1.807, 2.05) is 51.1 Å². The van der Waals surface area contributed by atoms with Crippen LogP contribution in [0, 0.1) is 5.41 Å². The van der Waals surface area contributed by atoms with Gasteiger partial charge in [0.25, 0.3) is 5.97 Å². The normalized spacial score (nSPS) is 40.1. The van der Waals surface area contributed by atoms with E-state index in [0.717, 1.165) is 5.56 Å². The summed E-state index contributed by atoms with van der Waals surface area (Å²) in [5, 5.41) is 0. The Hall–Kier alpha value is -0.980. The molecule has 0 radical (unpaired) electrons. The van der Waals surface area contributed by atoms with Crippen molar-refractivity contribution < 1.29 is 23.7 Å². The van der Waals surface area contributed by atoms with E-state index in [9.17, 15) is 0 Å². The molecular formula is C17H22O5. The summed E-state index contributed by atoms with van der Waals surface area (Å²) in [7, 11) is 0. The third kappa shape index (κ3) is 2.20. The summed E-state index contributed by atoms with van der Waals surface area (Å²) < 4.78 is 30.0. The fourth-order valence-electron chi connectivity index (χ4n) is 3.18. The van der Waals surface area contributed by atoms with Crippen LogP contribution in [0.25, 0.3) is 0 Å². The zero-order valence-corrected chi connectivity index (χ0v) is 13.2. The van der Waals surface area contributed by atoms with Gasteiger partial charge in [-0.1, -0.05) is 51.1 Å². The van der Waals surface area contributed by atoms with Gasteiger partial charge in [0, 0.05) is 5.41 Å². The first-order valence-electron chi connectivity index (χ1n) is 7.79. The maximum absolute atomic E-state index is 6.13. The van der Waals surface area contributed by atoms with Crippen LogP contribution in [-0.4, -0.2) is 37.2 Å². The lowest BCUT2D eigenvalue weighted by molar-refractivity contribution is -0.426. The van der Waals surface area contributed by atoms with Crippen LogP contribution in [0.15, 0.2) is 30.3 Å². The lowest BCUT2D eigenvalue weighted by atomic mass is 9.92. The van der Waals surface area contributed by atoms with E-state index in [1.165, 1.54) is 0 Å². The highest BCUT2D eigenvalue weighted by Gasteiger charge is 2.67. The number of hydrogen-bond acceptors (Lipinski definition) is 5. The minimum atomic E-state index is -1.03. The van der Waals surface area contributed by atoms with Gasteiger partial charge in [-0.3, -0.25) is 4.74 Å². The standard InChI is InChI=1S/C17H22O5/c1-16(2,3)17-20-12-10-19-15(22-17)14(21-17)13(12)18-9-11-7-5-4-6-8-11/h4-8,12-15H,9-10H2,1-3H3/t12-,13+,14-,15-,17?/m1/s1. The Labute approximate surface area is 130 Å². The maximum atomic E-state index is 6.13. The number of fused-ring (bicyclic) bond motifs is 2. The third-order valence-electron chi connectivity index (χ3n) is 4.46. The summed E-state index contributed by atoms with van der Waals surface area (Å²) in [6.07, 6.45) is -0.994. The van der Waals surface area contributed by atoms with Crippen molar-refractivity contribution in [1.82, 2.24) is 0 Å². The van der Waals surface area contributed by atoms with Crippen LogP contribution < -0.4 is 0 Å². The third-order valence-corrected chi connectivity index (χ3v) is 4.46. The van der Waals surface area contributed by atoms with E-state index in [4.69, 9.17) is 23.7 Å². The average Bonchev–Trinajstić information content (AvgIpc) is 2.68. The fraction of sp³-hybridized carbons (Fsp3) is 0.647. The van der Waals surface area contributed by atoms with Gasteiger partial charge in [-0.15, -0.1) is 0 Å². The molecule has 5 nitrogen and oxygen atoms in total. The zero-order valence-electron chi connectivity index (χ0n) is 13.2. The van der Waals surface area contributed by atoms with Gasteiger partial charge in [0.1, 0.15) is 18.3 Å². The first kappa shape index (κ1) is 14.6. The van der Waals surface area contributed by atoms with Crippen LogP contribution in [0.5, 0.6) is 0 Å². The van der Waals surface area contributed by atoms with Crippen molar-refractivity contribution in [2.24, 2.45) is 5.41 Å². The molecule has 3 heterocycles. The van der Waals surface area contributed by atoms with E-state index in [0.29, 0.717) is 13.2 Å². The topological polar surface area (TPSA) is 46.2 Å². The predicted octanol–water partition coefficient (Wildman–Crippen LogP) is 2.44. The minimum Gasteiger partial charge on any atom is -0.368 e. The van der Waals surface area contributed by atoms with Crippen LogP contribution in [0.3, 0.4) is 0 Å². The molecule has 22 heavy (non-hydrogen) atoms. The van der Waals surface area contributed by atoms with Crippen molar-refractivity contribution in [2.45, 2.75) is 58.0 Å². The molecule has 0 spiro atoms. The van der Waals surface area contributed by atoms with Gasteiger partial charge in [-0.25, -0.2) is 0 Å². The largest absolute Gasteiger partial charge is 0.368 e. The SMILES string of the molecule is CC(C)(C)C12O[C@H]3OC[C@@H](O1)[C@H](OCc1ccccc1)[C@H]3O2. The molecule has 1 aromatic rings. The second kappa shape index (κ2) is 5.01. The molecule has 3 bridgehead atoms. The monoisotopic (exact) mass is 306 g/mol. The number of ether oxygens (including phenoxy) is 5. The molecule has 0 aromatic heterocycles. The first-order chi connectivity index (χ1) is 10.5. The summed E-state index contributed by atoms with van der Waals surface area (Å²) in [6.45, 7) is 7.13. The Morgan fingerprint density at radius 1 is 1.14 bits per heavy atom. The molecule has 3 aliphatic heterocycles. The molecule has 5 heteroatoms. The Morgan fingerprint density at radius 2 is 1.91 bits per heavy atom. The van der Waals surface area contributed by atoms with E-state index in [1.54, 1.807) is 0 Å². The zero-order chi connectivity index (χ0) is 15.4. The molecule has 1 aromatic carbocycles. The van der Waals surface area contributed by atoms with Crippen LogP contribution in [0.2, 0.25) is 0 Å². The highest BCUT2D eigenvalue weighted by molar-refractivity contribution is 5.13. The highest BCUT2D eigenvalue weighted by atomic mass is 17.0. The smallest absolute Gasteiger partial charge is 0.291 e. The summed E-state index contributed by atoms with van der Waals surface area (Å²) >= 11 is 0. The maximum Gasteiger partial charge on any atom is 0.291 e. The van der Waals surface area contributed by atoms with Crippen molar-refractivity contribution in [1.29, 1.82) is 0 Å². The number of benzene rings is 1. The van der Waals surface area contributed by atoms with Gasteiger partial charge < -0.3 is 18.9 Å². The van der Waals surface area contributed by atoms with Crippen LogP contribution in [-0.2, 0) is 30.3 Å². The number of rotatable bonds is 3. The molecular weight excluding hydrogens is 284 g/mol. The lowest BCUT2D eigenvalue weighted by Crippen LogP contribution is -2.61. The summed E-state index contributed by atoms with van der Waals surface area (Å²) in [6, 6.07) is 10.1. The fourth-order valence-corrected chi connectivity index (χ4v) is 3.18. The quantitative estimate of drug-likeness (QED) is 0.858. The Balaban J connectivity index is 1.51. The molecule has 0 amide bonds.